The first-order valence-corrected chi connectivity index (χ1v) is 8.46. The Bertz CT molecular complexity index is 1010. The molecule has 3 aromatic rings. The van der Waals surface area contributed by atoms with Gasteiger partial charge in [0, 0.05) is 12.6 Å². The normalized spacial score (nSPS) is 10.4. The average molecular weight is 383 g/mol. The summed E-state index contributed by atoms with van der Waals surface area (Å²) in [5.41, 5.74) is 1.07. The van der Waals surface area contributed by atoms with E-state index in [1.54, 1.807) is 31.4 Å². The Hall–Kier alpha value is -3.61. The van der Waals surface area contributed by atoms with E-state index in [-0.39, 0.29) is 30.5 Å². The maximum Gasteiger partial charge on any atom is 0.287 e. The van der Waals surface area contributed by atoms with Crippen molar-refractivity contribution >= 4 is 5.91 Å². The van der Waals surface area contributed by atoms with Crippen LogP contribution in [0.5, 0.6) is 11.5 Å². The smallest absolute Gasteiger partial charge is 0.287 e. The van der Waals surface area contributed by atoms with Crippen LogP contribution in [-0.2, 0) is 13.2 Å². The van der Waals surface area contributed by atoms with Gasteiger partial charge in [-0.15, -0.1) is 0 Å². The summed E-state index contributed by atoms with van der Waals surface area (Å²) >= 11 is 0. The Morgan fingerprint density at radius 1 is 1.11 bits per heavy atom. The van der Waals surface area contributed by atoms with E-state index in [1.807, 2.05) is 12.1 Å². The molecule has 0 spiro atoms. The second-order valence-corrected chi connectivity index (χ2v) is 5.92. The number of hydrogen-bond donors (Lipinski definition) is 1. The largest absolute Gasteiger partial charge is 0.497 e. The van der Waals surface area contributed by atoms with Gasteiger partial charge in [0.2, 0.25) is 11.2 Å². The van der Waals surface area contributed by atoms with Gasteiger partial charge in [-0.25, -0.2) is 4.39 Å². The number of carbonyl (C=O) groups excluding carboxylic acids is 1. The highest BCUT2D eigenvalue weighted by Crippen LogP contribution is 2.15. The van der Waals surface area contributed by atoms with Crippen LogP contribution in [0.4, 0.5) is 4.39 Å². The Kier molecular flexibility index (Phi) is 6.06. The number of nitrogens with one attached hydrogen (secondary N) is 1. The summed E-state index contributed by atoms with van der Waals surface area (Å²) < 4.78 is 28.7. The predicted octanol–water partition coefficient (Wildman–Crippen LogP) is 3.30. The summed E-state index contributed by atoms with van der Waals surface area (Å²) in [4.78, 5) is 24.3. The summed E-state index contributed by atoms with van der Waals surface area (Å²) in [6.07, 6.45) is 1.11. The van der Waals surface area contributed by atoms with Crippen LogP contribution in [0.1, 0.15) is 21.7 Å². The lowest BCUT2D eigenvalue weighted by Crippen LogP contribution is -2.24. The van der Waals surface area contributed by atoms with Crippen molar-refractivity contribution in [2.24, 2.45) is 0 Å². The molecule has 0 bridgehead atoms. The summed E-state index contributed by atoms with van der Waals surface area (Å²) in [6.45, 7) is 0.328. The lowest BCUT2D eigenvalue weighted by Gasteiger charge is -2.08. The molecule has 7 heteroatoms. The third-order valence-corrected chi connectivity index (χ3v) is 3.92. The monoisotopic (exact) mass is 383 g/mol. The van der Waals surface area contributed by atoms with Gasteiger partial charge in [-0.05, 0) is 35.4 Å². The van der Waals surface area contributed by atoms with E-state index in [1.165, 1.54) is 12.1 Å². The first kappa shape index (κ1) is 19.2. The van der Waals surface area contributed by atoms with Crippen molar-refractivity contribution in [2.45, 2.75) is 13.2 Å². The van der Waals surface area contributed by atoms with Crippen molar-refractivity contribution in [2.75, 3.05) is 7.11 Å². The molecule has 0 saturated heterocycles. The summed E-state index contributed by atoms with van der Waals surface area (Å²) in [5.74, 6) is -0.369. The third kappa shape index (κ3) is 4.97. The van der Waals surface area contributed by atoms with Crippen molar-refractivity contribution < 1.29 is 23.1 Å². The molecule has 0 unspecified atom stereocenters. The quantitative estimate of drug-likeness (QED) is 0.677. The highest BCUT2D eigenvalue weighted by Gasteiger charge is 2.12. The first-order chi connectivity index (χ1) is 13.5. The zero-order valence-corrected chi connectivity index (χ0v) is 15.1. The van der Waals surface area contributed by atoms with Crippen LogP contribution in [0, 0.1) is 5.82 Å². The Labute approximate surface area is 160 Å². The Morgan fingerprint density at radius 2 is 1.89 bits per heavy atom. The number of amides is 1. The topological polar surface area (TPSA) is 77.8 Å². The zero-order valence-electron chi connectivity index (χ0n) is 15.1. The van der Waals surface area contributed by atoms with Crippen LogP contribution in [0.3, 0.4) is 0 Å². The lowest BCUT2D eigenvalue weighted by atomic mass is 10.2. The standard InChI is InChI=1S/C21H18FNO5/c1-26-17-4-2-3-15(9-17)12-27-20-13-28-19(10-18(20)24)21(25)23-11-14-5-7-16(22)8-6-14/h2-10,13H,11-12H2,1H3,(H,23,25). The van der Waals surface area contributed by atoms with E-state index in [0.29, 0.717) is 5.75 Å². The van der Waals surface area contributed by atoms with Gasteiger partial charge in [0.1, 0.15) is 24.4 Å². The van der Waals surface area contributed by atoms with Crippen molar-refractivity contribution in [3.05, 3.63) is 93.8 Å². The van der Waals surface area contributed by atoms with E-state index in [4.69, 9.17) is 13.9 Å². The molecule has 0 fully saturated rings. The molecule has 0 radical (unpaired) electrons. The molecule has 0 aliphatic carbocycles. The Balaban J connectivity index is 1.60. The third-order valence-electron chi connectivity index (χ3n) is 3.92. The number of benzene rings is 2. The molecule has 1 heterocycles. The van der Waals surface area contributed by atoms with Crippen molar-refractivity contribution in [3.8, 4) is 11.5 Å². The molecule has 3 rings (SSSR count). The highest BCUT2D eigenvalue weighted by atomic mass is 19.1. The molecule has 6 nitrogen and oxygen atoms in total. The molecule has 1 N–H and O–H groups in total. The second-order valence-electron chi connectivity index (χ2n) is 5.92. The highest BCUT2D eigenvalue weighted by molar-refractivity contribution is 5.91. The van der Waals surface area contributed by atoms with Gasteiger partial charge < -0.3 is 19.2 Å². The zero-order chi connectivity index (χ0) is 19.9. The van der Waals surface area contributed by atoms with Gasteiger partial charge in [-0.3, -0.25) is 9.59 Å². The van der Waals surface area contributed by atoms with Crippen LogP contribution in [0.2, 0.25) is 0 Å². The van der Waals surface area contributed by atoms with Crippen LogP contribution < -0.4 is 20.2 Å². The van der Waals surface area contributed by atoms with Crippen molar-refractivity contribution in [3.63, 3.8) is 0 Å². The molecule has 0 aliphatic rings. The minimum absolute atomic E-state index is 0.00194. The Morgan fingerprint density at radius 3 is 2.61 bits per heavy atom. The van der Waals surface area contributed by atoms with E-state index >= 15 is 0 Å². The fraction of sp³-hybridized carbons (Fsp3) is 0.143. The van der Waals surface area contributed by atoms with Gasteiger partial charge in [0.05, 0.1) is 7.11 Å². The van der Waals surface area contributed by atoms with Crippen LogP contribution in [-0.4, -0.2) is 13.0 Å². The number of ether oxygens (including phenoxy) is 2. The molecule has 0 atom stereocenters. The van der Waals surface area contributed by atoms with Gasteiger partial charge in [0.15, 0.2) is 5.76 Å². The van der Waals surface area contributed by atoms with E-state index < -0.39 is 11.3 Å². The minimum Gasteiger partial charge on any atom is -0.497 e. The fourth-order valence-electron chi connectivity index (χ4n) is 2.42. The lowest BCUT2D eigenvalue weighted by molar-refractivity contribution is 0.0919. The van der Waals surface area contributed by atoms with E-state index in [9.17, 15) is 14.0 Å². The van der Waals surface area contributed by atoms with Crippen LogP contribution in [0.15, 0.2) is 70.1 Å². The number of carbonyl (C=O) groups is 1. The molecular weight excluding hydrogens is 365 g/mol. The number of methoxy groups -OCH3 is 1. The fourth-order valence-corrected chi connectivity index (χ4v) is 2.42. The average Bonchev–Trinajstić information content (AvgIpc) is 2.72. The molecular formula is C21H18FNO5. The summed E-state index contributed by atoms with van der Waals surface area (Å²) in [5, 5.41) is 2.60. The van der Waals surface area contributed by atoms with Gasteiger partial charge in [0.25, 0.3) is 5.91 Å². The SMILES string of the molecule is COc1cccc(COc2coc(C(=O)NCc3ccc(F)cc3)cc2=O)c1. The van der Waals surface area contributed by atoms with Gasteiger partial charge in [-0.1, -0.05) is 24.3 Å². The van der Waals surface area contributed by atoms with Crippen molar-refractivity contribution in [1.82, 2.24) is 5.32 Å². The number of rotatable bonds is 7. The molecule has 0 aliphatic heterocycles. The second kappa shape index (κ2) is 8.85. The van der Waals surface area contributed by atoms with E-state index in [2.05, 4.69) is 5.32 Å². The van der Waals surface area contributed by atoms with Crippen LogP contribution >= 0.6 is 0 Å². The molecule has 0 saturated carbocycles. The summed E-state index contributed by atoms with van der Waals surface area (Å²) in [6, 6.07) is 14.0. The van der Waals surface area contributed by atoms with Crippen molar-refractivity contribution in [1.29, 1.82) is 0 Å². The maximum atomic E-state index is 12.9. The predicted molar refractivity (Wildman–Crippen MR) is 99.9 cm³/mol. The van der Waals surface area contributed by atoms with Crippen LogP contribution in [0.25, 0.3) is 0 Å². The molecule has 1 amide bonds. The summed E-state index contributed by atoms with van der Waals surface area (Å²) in [7, 11) is 1.56. The molecule has 144 valence electrons. The number of hydrogen-bond acceptors (Lipinski definition) is 5. The number of halogens is 1. The van der Waals surface area contributed by atoms with Gasteiger partial charge in [-0.2, -0.15) is 0 Å². The minimum atomic E-state index is -0.555. The van der Waals surface area contributed by atoms with Gasteiger partial charge >= 0.3 is 0 Å². The molecule has 2 aromatic carbocycles. The molecule has 28 heavy (non-hydrogen) atoms. The molecule has 1 aromatic heterocycles. The van der Waals surface area contributed by atoms with E-state index in [0.717, 1.165) is 23.5 Å². The first-order valence-electron chi connectivity index (χ1n) is 8.46. The maximum absolute atomic E-state index is 12.9.